The minimum Gasteiger partial charge on any atom is -0.480 e. The molecule has 1 atom stereocenters. The van der Waals surface area contributed by atoms with Gasteiger partial charge in [-0.1, -0.05) is 13.8 Å². The second-order valence-corrected chi connectivity index (χ2v) is 5.27. The van der Waals surface area contributed by atoms with Gasteiger partial charge in [0, 0.05) is 13.0 Å². The molecule has 1 unspecified atom stereocenters. The largest absolute Gasteiger partial charge is 0.480 e. The van der Waals surface area contributed by atoms with Crippen molar-refractivity contribution in [2.75, 3.05) is 13.1 Å². The van der Waals surface area contributed by atoms with Gasteiger partial charge < -0.3 is 10.8 Å². The number of carboxylic acids is 1. The first kappa shape index (κ1) is 13.0. The fraction of sp³-hybridized carbons (Fsp3) is 0.818. The van der Waals surface area contributed by atoms with Crippen LogP contribution < -0.4 is 5.73 Å². The first-order valence-corrected chi connectivity index (χ1v) is 5.57. The van der Waals surface area contributed by atoms with Crippen LogP contribution in [-0.2, 0) is 9.59 Å². The van der Waals surface area contributed by atoms with Crippen LogP contribution in [0.2, 0.25) is 0 Å². The van der Waals surface area contributed by atoms with Crippen LogP contribution in [-0.4, -0.2) is 41.0 Å². The van der Waals surface area contributed by atoms with Gasteiger partial charge in [0.1, 0.15) is 6.04 Å². The lowest BCUT2D eigenvalue weighted by atomic mass is 9.88. The van der Waals surface area contributed by atoms with E-state index in [-0.39, 0.29) is 17.7 Å². The second-order valence-electron chi connectivity index (χ2n) is 5.27. The molecule has 1 fully saturated rings. The van der Waals surface area contributed by atoms with Crippen molar-refractivity contribution in [2.24, 2.45) is 11.1 Å². The van der Waals surface area contributed by atoms with Gasteiger partial charge in [-0.15, -0.1) is 0 Å². The molecule has 1 rings (SSSR count). The summed E-state index contributed by atoms with van der Waals surface area (Å²) < 4.78 is 0. The molecule has 0 spiro atoms. The van der Waals surface area contributed by atoms with Gasteiger partial charge in [-0.2, -0.15) is 0 Å². The molecule has 92 valence electrons. The van der Waals surface area contributed by atoms with Crippen LogP contribution in [0.5, 0.6) is 0 Å². The summed E-state index contributed by atoms with van der Waals surface area (Å²) in [6, 6.07) is -0.396. The third kappa shape index (κ3) is 3.48. The zero-order chi connectivity index (χ0) is 12.3. The Bertz CT molecular complexity index is 289. The van der Waals surface area contributed by atoms with E-state index in [1.165, 1.54) is 0 Å². The van der Waals surface area contributed by atoms with Crippen molar-refractivity contribution in [2.45, 2.75) is 39.2 Å². The number of rotatable bonds is 5. The van der Waals surface area contributed by atoms with Crippen molar-refractivity contribution < 1.29 is 14.7 Å². The third-order valence-corrected chi connectivity index (χ3v) is 2.93. The van der Waals surface area contributed by atoms with Gasteiger partial charge in [-0.05, 0) is 24.8 Å². The number of aliphatic carboxylic acids is 1. The molecule has 0 saturated carbocycles. The number of carbonyl (C=O) groups is 2. The summed E-state index contributed by atoms with van der Waals surface area (Å²) in [6.45, 7) is 5.27. The van der Waals surface area contributed by atoms with Gasteiger partial charge in [0.15, 0.2) is 0 Å². The molecule has 0 aromatic carbocycles. The topological polar surface area (TPSA) is 83.6 Å². The maximum Gasteiger partial charge on any atom is 0.320 e. The van der Waals surface area contributed by atoms with Crippen LogP contribution in [0, 0.1) is 5.41 Å². The average molecular weight is 228 g/mol. The highest BCUT2D eigenvalue weighted by Crippen LogP contribution is 2.26. The van der Waals surface area contributed by atoms with E-state index in [2.05, 4.69) is 0 Å². The van der Waals surface area contributed by atoms with Crippen molar-refractivity contribution >= 4 is 11.9 Å². The molecule has 1 heterocycles. The molecule has 1 aliphatic rings. The van der Waals surface area contributed by atoms with E-state index in [1.807, 2.05) is 18.7 Å². The van der Waals surface area contributed by atoms with E-state index >= 15 is 0 Å². The fourth-order valence-electron chi connectivity index (χ4n) is 2.37. The molecule has 16 heavy (non-hydrogen) atoms. The molecular weight excluding hydrogens is 208 g/mol. The lowest BCUT2D eigenvalue weighted by Gasteiger charge is -2.31. The molecule has 1 saturated heterocycles. The highest BCUT2D eigenvalue weighted by atomic mass is 16.4. The Morgan fingerprint density at radius 2 is 2.12 bits per heavy atom. The zero-order valence-electron chi connectivity index (χ0n) is 9.90. The first-order valence-electron chi connectivity index (χ1n) is 5.57. The van der Waals surface area contributed by atoms with E-state index in [0.717, 1.165) is 13.0 Å². The zero-order valence-corrected chi connectivity index (χ0v) is 9.90. The summed E-state index contributed by atoms with van der Waals surface area (Å²) in [5.41, 5.74) is 4.91. The molecule has 5 nitrogen and oxygen atoms in total. The average Bonchev–Trinajstić information content (AvgIpc) is 2.48. The lowest BCUT2D eigenvalue weighted by Crippen LogP contribution is -2.42. The van der Waals surface area contributed by atoms with Gasteiger partial charge in [0.05, 0.1) is 0 Å². The van der Waals surface area contributed by atoms with Crippen LogP contribution in [0.25, 0.3) is 0 Å². The maximum atomic E-state index is 11.0. The van der Waals surface area contributed by atoms with Crippen LogP contribution in [0.4, 0.5) is 0 Å². The van der Waals surface area contributed by atoms with Crippen LogP contribution in [0.15, 0.2) is 0 Å². The summed E-state index contributed by atoms with van der Waals surface area (Å²) in [4.78, 5) is 23.8. The van der Waals surface area contributed by atoms with Gasteiger partial charge in [0.25, 0.3) is 0 Å². The Morgan fingerprint density at radius 1 is 1.50 bits per heavy atom. The standard InChI is InChI=1S/C11H20N2O3/c1-11(2,6-9(12)14)7-13-5-3-4-8(13)10(15)16/h8H,3-7H2,1-2H3,(H2,12,14)(H,15,16). The molecule has 0 radical (unpaired) electrons. The van der Waals surface area contributed by atoms with Crippen molar-refractivity contribution in [3.63, 3.8) is 0 Å². The first-order chi connectivity index (χ1) is 7.32. The number of primary amides is 1. The van der Waals surface area contributed by atoms with E-state index in [9.17, 15) is 9.59 Å². The predicted molar refractivity (Wildman–Crippen MR) is 59.8 cm³/mol. The Morgan fingerprint density at radius 3 is 2.62 bits per heavy atom. The third-order valence-electron chi connectivity index (χ3n) is 2.93. The summed E-state index contributed by atoms with van der Waals surface area (Å²) in [5.74, 6) is -1.11. The molecule has 5 heteroatoms. The number of amides is 1. The summed E-state index contributed by atoms with van der Waals surface area (Å²) in [7, 11) is 0. The minimum absolute atomic E-state index is 0.260. The molecular formula is C11H20N2O3. The Kier molecular flexibility index (Phi) is 3.91. The summed E-state index contributed by atoms with van der Waals surface area (Å²) in [5, 5.41) is 9.03. The fourth-order valence-corrected chi connectivity index (χ4v) is 2.37. The van der Waals surface area contributed by atoms with E-state index in [1.54, 1.807) is 0 Å². The normalized spacial score (nSPS) is 22.2. The van der Waals surface area contributed by atoms with Gasteiger partial charge >= 0.3 is 5.97 Å². The number of likely N-dealkylation sites (tertiary alicyclic amines) is 1. The van der Waals surface area contributed by atoms with Gasteiger partial charge in [-0.25, -0.2) is 0 Å². The van der Waals surface area contributed by atoms with Crippen molar-refractivity contribution in [1.82, 2.24) is 4.90 Å². The molecule has 0 aromatic heterocycles. The SMILES string of the molecule is CC(C)(CC(N)=O)CN1CCCC1C(=O)O. The van der Waals surface area contributed by atoms with Crippen molar-refractivity contribution in [3.8, 4) is 0 Å². The van der Waals surface area contributed by atoms with Crippen LogP contribution in [0.1, 0.15) is 33.1 Å². The number of carboxylic acid groups (broad SMARTS) is 1. The van der Waals surface area contributed by atoms with Crippen LogP contribution in [0.3, 0.4) is 0 Å². The Hall–Kier alpha value is -1.10. The smallest absolute Gasteiger partial charge is 0.320 e. The predicted octanol–water partition coefficient (Wildman–Crippen LogP) is 0.437. The molecule has 0 aliphatic carbocycles. The molecule has 3 N–H and O–H groups in total. The van der Waals surface area contributed by atoms with Crippen LogP contribution >= 0.6 is 0 Å². The lowest BCUT2D eigenvalue weighted by molar-refractivity contribution is -0.142. The highest BCUT2D eigenvalue weighted by molar-refractivity contribution is 5.75. The van der Waals surface area contributed by atoms with Crippen molar-refractivity contribution in [3.05, 3.63) is 0 Å². The van der Waals surface area contributed by atoms with E-state index in [4.69, 9.17) is 10.8 Å². The van der Waals surface area contributed by atoms with Gasteiger partial charge in [0.2, 0.25) is 5.91 Å². The molecule has 1 aliphatic heterocycles. The Labute approximate surface area is 95.6 Å². The molecule has 1 amide bonds. The monoisotopic (exact) mass is 228 g/mol. The van der Waals surface area contributed by atoms with Crippen molar-refractivity contribution in [1.29, 1.82) is 0 Å². The number of hydrogen-bond acceptors (Lipinski definition) is 3. The molecule has 0 aromatic rings. The van der Waals surface area contributed by atoms with Gasteiger partial charge in [-0.3, -0.25) is 14.5 Å². The summed E-state index contributed by atoms with van der Waals surface area (Å²) >= 11 is 0. The molecule has 0 bridgehead atoms. The number of nitrogens with zero attached hydrogens (tertiary/aromatic N) is 1. The van der Waals surface area contributed by atoms with E-state index < -0.39 is 12.0 Å². The Balaban J connectivity index is 2.58. The highest BCUT2D eigenvalue weighted by Gasteiger charge is 2.34. The number of carbonyl (C=O) groups excluding carboxylic acids is 1. The quantitative estimate of drug-likeness (QED) is 0.715. The second kappa shape index (κ2) is 4.82. The minimum atomic E-state index is -0.771. The summed E-state index contributed by atoms with van der Waals surface area (Å²) in [6.07, 6.45) is 1.89. The van der Waals surface area contributed by atoms with E-state index in [0.29, 0.717) is 13.0 Å². The maximum absolute atomic E-state index is 11.0. The number of nitrogens with two attached hydrogens (primary N) is 1. The number of hydrogen-bond donors (Lipinski definition) is 2.